The number of halogens is 1. The van der Waals surface area contributed by atoms with E-state index in [2.05, 4.69) is 15.9 Å². The Balaban J connectivity index is 1.78. The molecule has 0 radical (unpaired) electrons. The van der Waals surface area contributed by atoms with Crippen LogP contribution < -0.4 is 0 Å². The topological polar surface area (TPSA) is 57.6 Å². The lowest BCUT2D eigenvalue weighted by atomic mass is 9.73. The molecule has 0 saturated carbocycles. The summed E-state index contributed by atoms with van der Waals surface area (Å²) in [6.07, 6.45) is 0.870. The van der Waals surface area contributed by atoms with Crippen molar-refractivity contribution in [3.05, 3.63) is 56.7 Å². The first-order valence-electron chi connectivity index (χ1n) is 7.36. The number of carbonyl (C=O) groups is 2. The van der Waals surface area contributed by atoms with Gasteiger partial charge in [0.1, 0.15) is 0 Å². The molecule has 23 heavy (non-hydrogen) atoms. The van der Waals surface area contributed by atoms with E-state index in [1.165, 1.54) is 11.3 Å². The van der Waals surface area contributed by atoms with E-state index >= 15 is 0 Å². The lowest BCUT2D eigenvalue weighted by molar-refractivity contribution is -0.145. The standard InChI is InChI=1S/C17H16BrNO3S/c18-14-7-6-13(23-14)15(20)19-10-8-17(9-11-19,16(21)22)12-4-2-1-3-5-12/h1-7H,8-11H2,(H,21,22). The van der Waals surface area contributed by atoms with E-state index in [1.54, 1.807) is 11.0 Å². The second kappa shape index (κ2) is 6.45. The fourth-order valence-corrected chi connectivity index (χ4v) is 4.41. The van der Waals surface area contributed by atoms with E-state index in [0.29, 0.717) is 30.8 Å². The van der Waals surface area contributed by atoms with Crippen molar-refractivity contribution in [2.45, 2.75) is 18.3 Å². The van der Waals surface area contributed by atoms with Gasteiger partial charge in [-0.2, -0.15) is 0 Å². The summed E-state index contributed by atoms with van der Waals surface area (Å²) < 4.78 is 0.919. The van der Waals surface area contributed by atoms with Crippen LogP contribution in [0.3, 0.4) is 0 Å². The second-order valence-electron chi connectivity index (χ2n) is 5.65. The maximum Gasteiger partial charge on any atom is 0.314 e. The molecular weight excluding hydrogens is 378 g/mol. The number of rotatable bonds is 3. The Morgan fingerprint density at radius 3 is 2.26 bits per heavy atom. The summed E-state index contributed by atoms with van der Waals surface area (Å²) in [7, 11) is 0. The van der Waals surface area contributed by atoms with Crippen LogP contribution in [0.5, 0.6) is 0 Å². The molecule has 2 heterocycles. The molecule has 1 N–H and O–H groups in total. The largest absolute Gasteiger partial charge is 0.481 e. The molecule has 1 fully saturated rings. The first-order chi connectivity index (χ1) is 11.0. The Hall–Kier alpha value is -1.66. The second-order valence-corrected chi connectivity index (χ2v) is 8.11. The number of carboxylic acid groups (broad SMARTS) is 1. The van der Waals surface area contributed by atoms with E-state index in [0.717, 1.165) is 9.35 Å². The van der Waals surface area contributed by atoms with Crippen LogP contribution in [0.15, 0.2) is 46.3 Å². The minimum absolute atomic E-state index is 0.0206. The number of benzene rings is 1. The number of carbonyl (C=O) groups excluding carboxylic acids is 1. The maximum absolute atomic E-state index is 12.5. The lowest BCUT2D eigenvalue weighted by Crippen LogP contribution is -2.49. The van der Waals surface area contributed by atoms with Gasteiger partial charge in [-0.1, -0.05) is 30.3 Å². The molecule has 1 amide bonds. The van der Waals surface area contributed by atoms with Crippen LogP contribution in [0, 0.1) is 0 Å². The van der Waals surface area contributed by atoms with Crippen molar-refractivity contribution in [3.63, 3.8) is 0 Å². The number of hydrogen-bond donors (Lipinski definition) is 1. The average Bonchev–Trinajstić information content (AvgIpc) is 3.01. The molecule has 1 aromatic carbocycles. The Bertz CT molecular complexity index is 720. The van der Waals surface area contributed by atoms with Gasteiger partial charge in [0.25, 0.3) is 5.91 Å². The van der Waals surface area contributed by atoms with Gasteiger partial charge < -0.3 is 10.0 Å². The van der Waals surface area contributed by atoms with Crippen molar-refractivity contribution in [3.8, 4) is 0 Å². The molecule has 3 rings (SSSR count). The summed E-state index contributed by atoms with van der Waals surface area (Å²) in [5, 5.41) is 9.78. The van der Waals surface area contributed by atoms with E-state index in [9.17, 15) is 14.7 Å². The molecule has 0 spiro atoms. The molecule has 0 aliphatic carbocycles. The molecule has 0 bridgehead atoms. The quantitative estimate of drug-likeness (QED) is 0.863. The Morgan fingerprint density at radius 2 is 1.74 bits per heavy atom. The normalized spacial score (nSPS) is 17.0. The van der Waals surface area contributed by atoms with Crippen LogP contribution >= 0.6 is 27.3 Å². The van der Waals surface area contributed by atoms with Crippen molar-refractivity contribution in [1.29, 1.82) is 0 Å². The molecule has 6 heteroatoms. The van der Waals surface area contributed by atoms with Gasteiger partial charge in [-0.3, -0.25) is 9.59 Å². The molecule has 2 aromatic rings. The van der Waals surface area contributed by atoms with Crippen LogP contribution in [0.1, 0.15) is 28.1 Å². The van der Waals surface area contributed by atoms with Gasteiger partial charge in [0.2, 0.25) is 0 Å². The highest BCUT2D eigenvalue weighted by Crippen LogP contribution is 2.36. The predicted molar refractivity (Wildman–Crippen MR) is 92.9 cm³/mol. The summed E-state index contributed by atoms with van der Waals surface area (Å²) in [6.45, 7) is 0.908. The zero-order valence-corrected chi connectivity index (χ0v) is 14.8. The van der Waals surface area contributed by atoms with Gasteiger partial charge in [0.05, 0.1) is 14.1 Å². The van der Waals surface area contributed by atoms with E-state index in [4.69, 9.17) is 0 Å². The van der Waals surface area contributed by atoms with Crippen LogP contribution in [0.4, 0.5) is 0 Å². The van der Waals surface area contributed by atoms with Crippen molar-refractivity contribution >= 4 is 39.1 Å². The first-order valence-corrected chi connectivity index (χ1v) is 8.97. The Kier molecular flexibility index (Phi) is 4.55. The van der Waals surface area contributed by atoms with Crippen molar-refractivity contribution < 1.29 is 14.7 Å². The number of carboxylic acids is 1. The van der Waals surface area contributed by atoms with E-state index in [-0.39, 0.29) is 5.91 Å². The highest BCUT2D eigenvalue weighted by molar-refractivity contribution is 9.11. The van der Waals surface area contributed by atoms with Gasteiger partial charge in [-0.05, 0) is 46.5 Å². The monoisotopic (exact) mass is 393 g/mol. The average molecular weight is 394 g/mol. The van der Waals surface area contributed by atoms with E-state index in [1.807, 2.05) is 36.4 Å². The molecule has 4 nitrogen and oxygen atoms in total. The number of amides is 1. The number of thiophene rings is 1. The van der Waals surface area contributed by atoms with Gasteiger partial charge in [-0.25, -0.2) is 0 Å². The maximum atomic E-state index is 12.5. The molecule has 0 unspecified atom stereocenters. The van der Waals surface area contributed by atoms with Gasteiger partial charge in [-0.15, -0.1) is 11.3 Å². The number of piperidine rings is 1. The number of nitrogens with zero attached hydrogens (tertiary/aromatic N) is 1. The van der Waals surface area contributed by atoms with Crippen molar-refractivity contribution in [2.24, 2.45) is 0 Å². The van der Waals surface area contributed by atoms with E-state index < -0.39 is 11.4 Å². The summed E-state index contributed by atoms with van der Waals surface area (Å²) in [4.78, 5) is 26.8. The number of hydrogen-bond acceptors (Lipinski definition) is 3. The predicted octanol–water partition coefficient (Wildman–Crippen LogP) is 3.77. The van der Waals surface area contributed by atoms with Gasteiger partial charge in [0, 0.05) is 13.1 Å². The third-order valence-corrected chi connectivity index (χ3v) is 6.04. The van der Waals surface area contributed by atoms with Crippen molar-refractivity contribution in [1.82, 2.24) is 4.90 Å². The van der Waals surface area contributed by atoms with Gasteiger partial charge >= 0.3 is 5.97 Å². The van der Waals surface area contributed by atoms with Crippen LogP contribution in [0.25, 0.3) is 0 Å². The molecule has 1 aromatic heterocycles. The first kappa shape index (κ1) is 16.2. The molecule has 1 aliphatic heterocycles. The summed E-state index contributed by atoms with van der Waals surface area (Å²) in [6, 6.07) is 13.0. The number of likely N-dealkylation sites (tertiary alicyclic amines) is 1. The minimum Gasteiger partial charge on any atom is -0.481 e. The highest BCUT2D eigenvalue weighted by atomic mass is 79.9. The van der Waals surface area contributed by atoms with Crippen LogP contribution in [-0.2, 0) is 10.2 Å². The smallest absolute Gasteiger partial charge is 0.314 e. The molecule has 120 valence electrons. The zero-order valence-electron chi connectivity index (χ0n) is 12.4. The third-order valence-electron chi connectivity index (χ3n) is 4.42. The lowest BCUT2D eigenvalue weighted by Gasteiger charge is -2.39. The van der Waals surface area contributed by atoms with Gasteiger partial charge in [0.15, 0.2) is 0 Å². The summed E-state index contributed by atoms with van der Waals surface area (Å²) >= 11 is 4.76. The summed E-state index contributed by atoms with van der Waals surface area (Å²) in [5.74, 6) is -0.831. The fourth-order valence-electron chi connectivity index (χ4n) is 3.06. The third kappa shape index (κ3) is 3.05. The minimum atomic E-state index is -0.895. The van der Waals surface area contributed by atoms with Crippen molar-refractivity contribution in [2.75, 3.05) is 13.1 Å². The van der Waals surface area contributed by atoms with Crippen LogP contribution in [-0.4, -0.2) is 35.0 Å². The molecule has 1 aliphatic rings. The fraction of sp³-hybridized carbons (Fsp3) is 0.294. The summed E-state index contributed by atoms with van der Waals surface area (Å²) in [5.41, 5.74) is -0.0767. The van der Waals surface area contributed by atoms with Crippen LogP contribution in [0.2, 0.25) is 0 Å². The zero-order chi connectivity index (χ0) is 16.4. The number of aliphatic carboxylic acids is 1. The SMILES string of the molecule is O=C(c1ccc(Br)s1)N1CCC(C(=O)O)(c2ccccc2)CC1. The highest BCUT2D eigenvalue weighted by Gasteiger charge is 2.43. The Labute approximate surface area is 146 Å². The molecule has 1 saturated heterocycles. The Morgan fingerprint density at radius 1 is 1.09 bits per heavy atom. The molecule has 0 atom stereocenters. The molecular formula is C17H16BrNO3S.